The molecule has 5 aromatic rings. The predicted octanol–water partition coefficient (Wildman–Crippen LogP) is 5.95. The van der Waals surface area contributed by atoms with E-state index >= 15 is 0 Å². The first kappa shape index (κ1) is 19.8. The molecule has 0 atom stereocenters. The molecule has 0 aliphatic heterocycles. The smallest absolute Gasteiger partial charge is 0.234 e. The molecule has 0 unspecified atom stereocenters. The van der Waals surface area contributed by atoms with Crippen LogP contribution in [0.15, 0.2) is 52.2 Å². The minimum Gasteiger partial charge on any atom is -0.495 e. The third-order valence-corrected chi connectivity index (χ3v) is 7.35. The summed E-state index contributed by atoms with van der Waals surface area (Å²) in [7, 11) is 1.59. The molecule has 0 saturated heterocycles. The van der Waals surface area contributed by atoms with E-state index in [-0.39, 0.29) is 11.7 Å². The highest BCUT2D eigenvalue weighted by atomic mass is 32.2. The maximum Gasteiger partial charge on any atom is 0.234 e. The Labute approximate surface area is 186 Å². The summed E-state index contributed by atoms with van der Waals surface area (Å²) < 4.78 is 11.5. The molecule has 0 saturated carbocycles. The van der Waals surface area contributed by atoms with Crippen molar-refractivity contribution in [3.05, 3.63) is 53.2 Å². The van der Waals surface area contributed by atoms with E-state index in [0.29, 0.717) is 17.0 Å². The highest BCUT2D eigenvalue weighted by molar-refractivity contribution is 8.00. The van der Waals surface area contributed by atoms with E-state index in [1.165, 1.54) is 22.2 Å². The van der Waals surface area contributed by atoms with E-state index in [9.17, 15) is 4.79 Å². The number of fused-ring (bicyclic) bond motifs is 4. The monoisotopic (exact) mass is 449 g/mol. The summed E-state index contributed by atoms with van der Waals surface area (Å²) in [5, 5.41) is 6.77. The van der Waals surface area contributed by atoms with E-state index in [1.54, 1.807) is 24.8 Å². The van der Waals surface area contributed by atoms with E-state index < -0.39 is 0 Å². The van der Waals surface area contributed by atoms with Crippen molar-refractivity contribution in [2.45, 2.75) is 18.9 Å². The van der Waals surface area contributed by atoms with E-state index in [1.807, 2.05) is 36.4 Å². The molecule has 2 aromatic carbocycles. The predicted molar refractivity (Wildman–Crippen MR) is 127 cm³/mol. The van der Waals surface area contributed by atoms with Crippen molar-refractivity contribution in [3.8, 4) is 5.75 Å². The summed E-state index contributed by atoms with van der Waals surface area (Å²) in [5.41, 5.74) is 3.25. The minimum absolute atomic E-state index is 0.143. The van der Waals surface area contributed by atoms with Crippen LogP contribution in [0.4, 0.5) is 5.69 Å². The van der Waals surface area contributed by atoms with Gasteiger partial charge in [-0.2, -0.15) is 0 Å². The molecule has 5 rings (SSSR count). The molecule has 0 aliphatic rings. The fourth-order valence-corrected chi connectivity index (χ4v) is 5.51. The number of nitrogens with zero attached hydrogens (tertiary/aromatic N) is 2. The number of benzene rings is 2. The maximum absolute atomic E-state index is 12.7. The molecule has 0 spiro atoms. The number of ether oxygens (including phenoxy) is 1. The van der Waals surface area contributed by atoms with Gasteiger partial charge in [-0.25, -0.2) is 9.97 Å². The Bertz CT molecular complexity index is 1460. The van der Waals surface area contributed by atoms with Gasteiger partial charge in [0.15, 0.2) is 0 Å². The number of rotatable bonds is 5. The zero-order valence-corrected chi connectivity index (χ0v) is 18.8. The van der Waals surface area contributed by atoms with Crippen LogP contribution in [-0.2, 0) is 4.79 Å². The molecule has 0 bridgehead atoms. The standard InChI is InChI=1S/C23H19N3O3S2/c1-12-13(2)31-23-21(12)22(24-11-25-23)30-10-20(27)26-16-9-18-15(8-19(16)28-3)14-6-4-5-7-17(14)29-18/h4-9,11H,10H2,1-3H3,(H,26,27). The number of anilines is 1. The Morgan fingerprint density at radius 3 is 2.84 bits per heavy atom. The zero-order valence-electron chi connectivity index (χ0n) is 17.2. The number of thioether (sulfide) groups is 1. The van der Waals surface area contributed by atoms with E-state index in [2.05, 4.69) is 29.1 Å². The number of nitrogens with one attached hydrogen (secondary N) is 1. The van der Waals surface area contributed by atoms with Gasteiger partial charge in [0.25, 0.3) is 0 Å². The molecule has 156 valence electrons. The minimum atomic E-state index is -0.143. The Morgan fingerprint density at radius 2 is 2.00 bits per heavy atom. The Balaban J connectivity index is 1.40. The number of hydrogen-bond acceptors (Lipinski definition) is 7. The van der Waals surface area contributed by atoms with Crippen LogP contribution in [0.25, 0.3) is 32.2 Å². The normalized spacial score (nSPS) is 11.5. The third-order valence-electron chi connectivity index (χ3n) is 5.24. The van der Waals surface area contributed by atoms with Crippen molar-refractivity contribution < 1.29 is 13.9 Å². The lowest BCUT2D eigenvalue weighted by atomic mass is 10.1. The SMILES string of the molecule is COc1cc2c(cc1NC(=O)CSc1ncnc3sc(C)c(C)c13)oc1ccccc12. The van der Waals surface area contributed by atoms with E-state index in [4.69, 9.17) is 9.15 Å². The number of carbonyl (C=O) groups is 1. The molecule has 1 N–H and O–H groups in total. The molecule has 6 nitrogen and oxygen atoms in total. The molecule has 0 fully saturated rings. The van der Waals surface area contributed by atoms with Gasteiger partial charge >= 0.3 is 0 Å². The van der Waals surface area contributed by atoms with Crippen LogP contribution in [0.2, 0.25) is 0 Å². The van der Waals surface area contributed by atoms with Gasteiger partial charge in [0.05, 0.1) is 18.6 Å². The second kappa shape index (κ2) is 7.86. The largest absolute Gasteiger partial charge is 0.495 e. The van der Waals surface area contributed by atoms with Crippen LogP contribution in [-0.4, -0.2) is 28.7 Å². The van der Waals surface area contributed by atoms with Crippen molar-refractivity contribution in [2.75, 3.05) is 18.2 Å². The Kier molecular flexibility index (Phi) is 5.03. The fraction of sp³-hybridized carbons (Fsp3) is 0.174. The number of para-hydroxylation sites is 1. The van der Waals surface area contributed by atoms with Crippen LogP contribution in [0.3, 0.4) is 0 Å². The first-order valence-corrected chi connectivity index (χ1v) is 11.5. The topological polar surface area (TPSA) is 77.2 Å². The van der Waals surface area contributed by atoms with Crippen LogP contribution in [0, 0.1) is 13.8 Å². The lowest BCUT2D eigenvalue weighted by Crippen LogP contribution is -2.14. The molecule has 3 aromatic heterocycles. The fourth-order valence-electron chi connectivity index (χ4n) is 3.60. The Hall–Kier alpha value is -3.10. The van der Waals surface area contributed by atoms with Crippen LogP contribution in [0.5, 0.6) is 5.75 Å². The summed E-state index contributed by atoms with van der Waals surface area (Å²) in [6, 6.07) is 11.5. The van der Waals surface area contributed by atoms with Gasteiger partial charge in [0.2, 0.25) is 5.91 Å². The maximum atomic E-state index is 12.7. The van der Waals surface area contributed by atoms with Crippen LogP contribution >= 0.6 is 23.1 Å². The van der Waals surface area contributed by atoms with Crippen LogP contribution in [0.1, 0.15) is 10.4 Å². The van der Waals surface area contributed by atoms with Gasteiger partial charge in [-0.15, -0.1) is 11.3 Å². The third kappa shape index (κ3) is 3.51. The summed E-state index contributed by atoms with van der Waals surface area (Å²) in [6.07, 6.45) is 1.55. The second-order valence-corrected chi connectivity index (χ2v) is 9.29. The van der Waals surface area contributed by atoms with Crippen molar-refractivity contribution in [1.29, 1.82) is 0 Å². The first-order valence-electron chi connectivity index (χ1n) is 9.68. The first-order chi connectivity index (χ1) is 15.0. The van der Waals surface area contributed by atoms with Gasteiger partial charge in [-0.05, 0) is 31.5 Å². The number of methoxy groups -OCH3 is 1. The number of hydrogen-bond donors (Lipinski definition) is 1. The quantitative estimate of drug-likeness (QED) is 0.264. The molecule has 31 heavy (non-hydrogen) atoms. The number of aryl methyl sites for hydroxylation is 2. The Morgan fingerprint density at radius 1 is 1.16 bits per heavy atom. The van der Waals surface area contributed by atoms with Gasteiger partial charge in [-0.3, -0.25) is 4.79 Å². The van der Waals surface area contributed by atoms with Gasteiger partial charge in [0.1, 0.15) is 33.1 Å². The highest BCUT2D eigenvalue weighted by Gasteiger charge is 2.16. The number of aromatic nitrogens is 2. The summed E-state index contributed by atoms with van der Waals surface area (Å²) in [6.45, 7) is 4.14. The number of carbonyl (C=O) groups excluding carboxylic acids is 1. The molecular weight excluding hydrogens is 430 g/mol. The second-order valence-electron chi connectivity index (χ2n) is 7.13. The molecule has 8 heteroatoms. The number of thiophene rings is 1. The summed E-state index contributed by atoms with van der Waals surface area (Å²) in [4.78, 5) is 23.6. The highest BCUT2D eigenvalue weighted by Crippen LogP contribution is 2.37. The zero-order chi connectivity index (χ0) is 21.5. The molecule has 0 radical (unpaired) electrons. The summed E-state index contributed by atoms with van der Waals surface area (Å²) in [5.74, 6) is 0.670. The van der Waals surface area contributed by atoms with E-state index in [0.717, 1.165) is 31.6 Å². The average molecular weight is 450 g/mol. The van der Waals surface area contributed by atoms with Crippen molar-refractivity contribution in [2.24, 2.45) is 0 Å². The summed E-state index contributed by atoms with van der Waals surface area (Å²) >= 11 is 3.05. The molecule has 1 amide bonds. The van der Waals surface area contributed by atoms with Gasteiger partial charge in [0, 0.05) is 27.1 Å². The van der Waals surface area contributed by atoms with Crippen molar-refractivity contribution >= 4 is 66.8 Å². The van der Waals surface area contributed by atoms with Gasteiger partial charge < -0.3 is 14.5 Å². The average Bonchev–Trinajstić information content (AvgIpc) is 3.28. The van der Waals surface area contributed by atoms with Crippen molar-refractivity contribution in [3.63, 3.8) is 0 Å². The molecule has 3 heterocycles. The van der Waals surface area contributed by atoms with Gasteiger partial charge in [-0.1, -0.05) is 30.0 Å². The van der Waals surface area contributed by atoms with Crippen molar-refractivity contribution in [1.82, 2.24) is 9.97 Å². The lowest BCUT2D eigenvalue weighted by Gasteiger charge is -2.10. The van der Waals surface area contributed by atoms with Crippen LogP contribution < -0.4 is 10.1 Å². The molecular formula is C23H19N3O3S2. The number of furan rings is 1. The lowest BCUT2D eigenvalue weighted by molar-refractivity contribution is -0.113. The number of amides is 1. The molecule has 0 aliphatic carbocycles.